The Kier molecular flexibility index (Phi) is 6.04. The number of halogens is 1. The fourth-order valence-electron chi connectivity index (χ4n) is 3.51. The number of hydrogen-bond acceptors (Lipinski definition) is 4. The monoisotopic (exact) mass is 369 g/mol. The van der Waals surface area contributed by atoms with E-state index in [-0.39, 0.29) is 12.4 Å². The number of nitrogens with zero attached hydrogens (tertiary/aromatic N) is 4. The first-order valence-electron chi connectivity index (χ1n) is 8.72. The first-order chi connectivity index (χ1) is 12.3. The zero-order valence-electron chi connectivity index (χ0n) is 14.9. The summed E-state index contributed by atoms with van der Waals surface area (Å²) in [7, 11) is 2.07. The summed E-state index contributed by atoms with van der Waals surface area (Å²) in [4.78, 5) is 11.3. The highest BCUT2D eigenvalue weighted by molar-refractivity contribution is 5.85. The average Bonchev–Trinajstić information content (AvgIpc) is 3.09. The van der Waals surface area contributed by atoms with Crippen molar-refractivity contribution in [3.8, 4) is 11.1 Å². The molecule has 1 atom stereocenters. The molecule has 0 amide bonds. The van der Waals surface area contributed by atoms with E-state index in [0.29, 0.717) is 6.04 Å². The van der Waals surface area contributed by atoms with E-state index < -0.39 is 0 Å². The van der Waals surface area contributed by atoms with Crippen molar-refractivity contribution in [1.29, 1.82) is 0 Å². The van der Waals surface area contributed by atoms with Gasteiger partial charge in [0.25, 0.3) is 0 Å². The van der Waals surface area contributed by atoms with Crippen LogP contribution in [0.15, 0.2) is 61.2 Å². The van der Waals surface area contributed by atoms with Gasteiger partial charge in [-0.1, -0.05) is 24.3 Å². The fraction of sp³-hybridized carbons (Fsp3) is 0.300. The van der Waals surface area contributed by atoms with Crippen molar-refractivity contribution in [1.82, 2.24) is 24.8 Å². The second-order valence-corrected chi connectivity index (χ2v) is 6.53. The molecule has 26 heavy (non-hydrogen) atoms. The van der Waals surface area contributed by atoms with Gasteiger partial charge in [-0.2, -0.15) is 0 Å². The summed E-state index contributed by atoms with van der Waals surface area (Å²) >= 11 is 0. The van der Waals surface area contributed by atoms with Crippen LogP contribution in [-0.4, -0.2) is 39.1 Å². The Morgan fingerprint density at radius 2 is 2.04 bits per heavy atom. The second kappa shape index (κ2) is 8.45. The maximum atomic E-state index is 4.57. The van der Waals surface area contributed by atoms with Gasteiger partial charge >= 0.3 is 0 Å². The van der Waals surface area contributed by atoms with Crippen LogP contribution in [0.25, 0.3) is 11.1 Å². The summed E-state index contributed by atoms with van der Waals surface area (Å²) in [6.07, 6.45) is 7.63. The van der Waals surface area contributed by atoms with Crippen molar-refractivity contribution in [2.75, 3.05) is 19.6 Å². The molecule has 3 aromatic rings. The Bertz CT molecular complexity index is 833. The summed E-state index contributed by atoms with van der Waals surface area (Å²) in [5.74, 6) is 1.12. The first kappa shape index (κ1) is 18.6. The normalized spacial score (nSPS) is 17.7. The third-order valence-corrected chi connectivity index (χ3v) is 4.82. The van der Waals surface area contributed by atoms with Crippen LogP contribution in [-0.2, 0) is 13.6 Å². The van der Waals surface area contributed by atoms with E-state index in [4.69, 9.17) is 0 Å². The molecule has 4 rings (SSSR count). The molecular weight excluding hydrogens is 346 g/mol. The van der Waals surface area contributed by atoms with E-state index in [9.17, 15) is 0 Å². The Hall–Kier alpha value is -2.21. The third-order valence-electron chi connectivity index (χ3n) is 4.82. The number of nitrogens with one attached hydrogen (secondary N) is 1. The van der Waals surface area contributed by atoms with Crippen molar-refractivity contribution in [3.05, 3.63) is 72.6 Å². The van der Waals surface area contributed by atoms with E-state index in [2.05, 4.69) is 62.1 Å². The van der Waals surface area contributed by atoms with E-state index in [0.717, 1.165) is 37.6 Å². The lowest BCUT2D eigenvalue weighted by molar-refractivity contribution is 0.145. The molecule has 136 valence electrons. The van der Waals surface area contributed by atoms with E-state index in [1.807, 2.05) is 30.9 Å². The SMILES string of the molecule is Cl.Cn1ccnc1C1CNCCN1Cc1cccc(-c2cccnc2)c1. The van der Waals surface area contributed by atoms with Gasteiger partial charge in [-0.15, -0.1) is 12.4 Å². The molecule has 1 saturated heterocycles. The number of pyridine rings is 1. The van der Waals surface area contributed by atoms with Gasteiger partial charge < -0.3 is 9.88 Å². The lowest BCUT2D eigenvalue weighted by atomic mass is 10.0. The minimum atomic E-state index is 0. The van der Waals surface area contributed by atoms with Gasteiger partial charge in [0, 0.05) is 58.0 Å². The highest BCUT2D eigenvalue weighted by atomic mass is 35.5. The van der Waals surface area contributed by atoms with E-state index in [1.165, 1.54) is 11.1 Å². The van der Waals surface area contributed by atoms with Crippen LogP contribution in [0.3, 0.4) is 0 Å². The second-order valence-electron chi connectivity index (χ2n) is 6.53. The van der Waals surface area contributed by atoms with E-state index >= 15 is 0 Å². The largest absolute Gasteiger partial charge is 0.337 e. The fourth-order valence-corrected chi connectivity index (χ4v) is 3.51. The van der Waals surface area contributed by atoms with Gasteiger partial charge in [-0.25, -0.2) is 4.98 Å². The zero-order valence-corrected chi connectivity index (χ0v) is 15.7. The quantitative estimate of drug-likeness (QED) is 0.767. The molecule has 6 heteroatoms. The van der Waals surface area contributed by atoms with Gasteiger partial charge in [-0.05, 0) is 28.8 Å². The van der Waals surface area contributed by atoms with Crippen LogP contribution in [0.2, 0.25) is 0 Å². The predicted molar refractivity (Wildman–Crippen MR) is 106 cm³/mol. The molecule has 1 fully saturated rings. The maximum Gasteiger partial charge on any atom is 0.127 e. The molecule has 0 saturated carbocycles. The van der Waals surface area contributed by atoms with Crippen LogP contribution in [0.5, 0.6) is 0 Å². The van der Waals surface area contributed by atoms with Crippen LogP contribution in [0.1, 0.15) is 17.4 Å². The molecule has 5 nitrogen and oxygen atoms in total. The van der Waals surface area contributed by atoms with Crippen LogP contribution < -0.4 is 5.32 Å². The molecule has 1 aliphatic rings. The number of imidazole rings is 1. The molecule has 1 aliphatic heterocycles. The van der Waals surface area contributed by atoms with Crippen molar-refractivity contribution in [2.24, 2.45) is 7.05 Å². The number of rotatable bonds is 4. The van der Waals surface area contributed by atoms with Crippen molar-refractivity contribution in [3.63, 3.8) is 0 Å². The predicted octanol–water partition coefficient (Wildman–Crippen LogP) is 3.05. The third kappa shape index (κ3) is 3.96. The molecular formula is C20H24ClN5. The zero-order chi connectivity index (χ0) is 17.1. The molecule has 0 radical (unpaired) electrons. The lowest BCUT2D eigenvalue weighted by Gasteiger charge is -2.35. The maximum absolute atomic E-state index is 4.57. The number of aryl methyl sites for hydroxylation is 1. The molecule has 0 aliphatic carbocycles. The highest BCUT2D eigenvalue weighted by Crippen LogP contribution is 2.25. The highest BCUT2D eigenvalue weighted by Gasteiger charge is 2.26. The van der Waals surface area contributed by atoms with Crippen molar-refractivity contribution >= 4 is 12.4 Å². The first-order valence-corrected chi connectivity index (χ1v) is 8.72. The van der Waals surface area contributed by atoms with Gasteiger partial charge in [0.2, 0.25) is 0 Å². The standard InChI is InChI=1S/C20H23N5.ClH/c1-24-10-9-23-20(24)19-14-22-8-11-25(19)15-16-4-2-5-17(12-16)18-6-3-7-21-13-18;/h2-7,9-10,12-13,19,22H,8,11,14-15H2,1H3;1H. The van der Waals surface area contributed by atoms with Gasteiger partial charge in [0.05, 0.1) is 6.04 Å². The van der Waals surface area contributed by atoms with Crippen molar-refractivity contribution < 1.29 is 0 Å². The van der Waals surface area contributed by atoms with Crippen LogP contribution in [0, 0.1) is 0 Å². The Morgan fingerprint density at radius 3 is 2.81 bits per heavy atom. The molecule has 1 unspecified atom stereocenters. The summed E-state index contributed by atoms with van der Waals surface area (Å²) in [5, 5.41) is 3.50. The number of aromatic nitrogens is 3. The molecule has 2 aromatic heterocycles. The molecule has 0 spiro atoms. The molecule has 1 N–H and O–H groups in total. The summed E-state index contributed by atoms with van der Waals surface area (Å²) < 4.78 is 2.12. The minimum absolute atomic E-state index is 0. The Morgan fingerprint density at radius 1 is 1.15 bits per heavy atom. The Balaban J connectivity index is 0.00000196. The summed E-state index contributed by atoms with van der Waals surface area (Å²) in [6.45, 7) is 3.90. The smallest absolute Gasteiger partial charge is 0.127 e. The molecule has 1 aromatic carbocycles. The number of benzene rings is 1. The summed E-state index contributed by atoms with van der Waals surface area (Å²) in [6, 6.07) is 13.1. The number of hydrogen-bond donors (Lipinski definition) is 1. The topological polar surface area (TPSA) is 46.0 Å². The van der Waals surface area contributed by atoms with E-state index in [1.54, 1.807) is 0 Å². The van der Waals surface area contributed by atoms with Gasteiger partial charge in [0.1, 0.15) is 5.82 Å². The summed E-state index contributed by atoms with van der Waals surface area (Å²) in [5.41, 5.74) is 3.70. The van der Waals surface area contributed by atoms with Gasteiger partial charge in [-0.3, -0.25) is 9.88 Å². The average molecular weight is 370 g/mol. The van der Waals surface area contributed by atoms with Gasteiger partial charge in [0.15, 0.2) is 0 Å². The van der Waals surface area contributed by atoms with Crippen LogP contribution >= 0.6 is 12.4 Å². The Labute approximate surface area is 160 Å². The van der Waals surface area contributed by atoms with Crippen molar-refractivity contribution in [2.45, 2.75) is 12.6 Å². The molecule has 0 bridgehead atoms. The minimum Gasteiger partial charge on any atom is -0.337 e. The lowest BCUT2D eigenvalue weighted by Crippen LogP contribution is -2.46. The molecule has 3 heterocycles. The van der Waals surface area contributed by atoms with Crippen LogP contribution in [0.4, 0.5) is 0 Å². The number of piperazine rings is 1.